The fourth-order valence-electron chi connectivity index (χ4n) is 1.85. The number of hydrogen-bond acceptors (Lipinski definition) is 3. The highest BCUT2D eigenvalue weighted by molar-refractivity contribution is 5.97. The van der Waals surface area contributed by atoms with Crippen LogP contribution in [0.3, 0.4) is 0 Å². The molecule has 0 unspecified atom stereocenters. The summed E-state index contributed by atoms with van der Waals surface area (Å²) in [7, 11) is 1.54. The van der Waals surface area contributed by atoms with Crippen molar-refractivity contribution < 1.29 is 9.59 Å². The van der Waals surface area contributed by atoms with Crippen LogP contribution in [0.4, 0.5) is 0 Å². The number of hydrogen-bond donors (Lipinski definition) is 2. The Kier molecular flexibility index (Phi) is 5.73. The quantitative estimate of drug-likeness (QED) is 0.851. The third-order valence-corrected chi connectivity index (χ3v) is 2.83. The molecule has 0 radical (unpaired) electrons. The molecule has 0 spiro atoms. The maximum absolute atomic E-state index is 12.1. The summed E-state index contributed by atoms with van der Waals surface area (Å²) in [5.74, 6) is -0.289. The lowest BCUT2D eigenvalue weighted by Crippen LogP contribution is -2.46. The molecule has 2 amide bonds. The van der Waals surface area contributed by atoms with Gasteiger partial charge in [-0.25, -0.2) is 0 Å². The number of rotatable bonds is 5. The molecule has 5 nitrogen and oxygen atoms in total. The number of benzene rings is 1. The monoisotopic (exact) mass is 273 g/mol. The van der Waals surface area contributed by atoms with Gasteiger partial charge < -0.3 is 10.6 Å². The highest BCUT2D eigenvalue weighted by atomic mass is 16.2. The van der Waals surface area contributed by atoms with Crippen LogP contribution in [0.5, 0.6) is 0 Å². The van der Waals surface area contributed by atoms with Crippen LogP contribution in [0, 0.1) is 17.2 Å². The maximum atomic E-state index is 12.1. The van der Waals surface area contributed by atoms with Gasteiger partial charge in [0.05, 0.1) is 11.6 Å². The van der Waals surface area contributed by atoms with Crippen LogP contribution < -0.4 is 10.6 Å². The fourth-order valence-corrected chi connectivity index (χ4v) is 1.85. The molecule has 1 atom stereocenters. The molecular formula is C15H19N3O2. The van der Waals surface area contributed by atoms with Crippen molar-refractivity contribution >= 4 is 11.8 Å². The number of nitrogens with zero attached hydrogens (tertiary/aromatic N) is 1. The number of carbonyl (C=O) groups excluding carboxylic acids is 2. The van der Waals surface area contributed by atoms with E-state index in [9.17, 15) is 9.59 Å². The van der Waals surface area contributed by atoms with E-state index in [1.165, 1.54) is 13.1 Å². The minimum absolute atomic E-state index is 0.219. The van der Waals surface area contributed by atoms with E-state index in [0.717, 1.165) is 0 Å². The number of amides is 2. The first-order valence-corrected chi connectivity index (χ1v) is 6.50. The average Bonchev–Trinajstić information content (AvgIpc) is 2.45. The minimum atomic E-state index is -0.571. The topological polar surface area (TPSA) is 82.0 Å². The summed E-state index contributed by atoms with van der Waals surface area (Å²) in [6.07, 6.45) is 0.559. The minimum Gasteiger partial charge on any atom is -0.357 e. The number of carbonyl (C=O) groups is 2. The normalized spacial score (nSPS) is 11.6. The molecule has 0 aliphatic heterocycles. The summed E-state index contributed by atoms with van der Waals surface area (Å²) in [5.41, 5.74) is 0.791. The van der Waals surface area contributed by atoms with Crippen molar-refractivity contribution in [3.05, 3.63) is 35.4 Å². The van der Waals surface area contributed by atoms with Crippen molar-refractivity contribution in [2.24, 2.45) is 5.92 Å². The molecule has 1 rings (SSSR count). The lowest BCUT2D eigenvalue weighted by atomic mass is 10.0. The van der Waals surface area contributed by atoms with Gasteiger partial charge in [0.2, 0.25) is 5.91 Å². The van der Waals surface area contributed by atoms with E-state index in [-0.39, 0.29) is 17.7 Å². The zero-order valence-corrected chi connectivity index (χ0v) is 11.9. The predicted octanol–water partition coefficient (Wildman–Crippen LogP) is 1.45. The van der Waals surface area contributed by atoms with Gasteiger partial charge in [0.15, 0.2) is 0 Å². The largest absolute Gasteiger partial charge is 0.357 e. The van der Waals surface area contributed by atoms with Crippen molar-refractivity contribution in [2.75, 3.05) is 7.05 Å². The van der Waals surface area contributed by atoms with Gasteiger partial charge in [0.1, 0.15) is 6.04 Å². The summed E-state index contributed by atoms with van der Waals surface area (Å²) < 4.78 is 0. The van der Waals surface area contributed by atoms with Crippen LogP contribution in [0.25, 0.3) is 0 Å². The van der Waals surface area contributed by atoms with Gasteiger partial charge >= 0.3 is 0 Å². The highest BCUT2D eigenvalue weighted by Gasteiger charge is 2.21. The summed E-state index contributed by atoms with van der Waals surface area (Å²) in [6, 6.07) is 7.80. The molecule has 0 fully saturated rings. The molecule has 0 heterocycles. The Morgan fingerprint density at radius 2 is 2.05 bits per heavy atom. The first kappa shape index (κ1) is 15.7. The summed E-state index contributed by atoms with van der Waals surface area (Å²) in [4.78, 5) is 23.9. The Bertz CT molecular complexity index is 532. The molecule has 0 saturated heterocycles. The third kappa shape index (κ3) is 4.39. The molecule has 5 heteroatoms. The number of likely N-dealkylation sites (N-methyl/N-ethyl adjacent to an activating group) is 1. The second-order valence-electron chi connectivity index (χ2n) is 4.96. The van der Waals surface area contributed by atoms with Crippen LogP contribution in [-0.4, -0.2) is 24.9 Å². The predicted molar refractivity (Wildman–Crippen MR) is 75.9 cm³/mol. The number of nitriles is 1. The molecule has 0 aromatic heterocycles. The molecule has 20 heavy (non-hydrogen) atoms. The smallest absolute Gasteiger partial charge is 0.251 e. The summed E-state index contributed by atoms with van der Waals surface area (Å²) in [5, 5.41) is 14.1. The Labute approximate surface area is 119 Å². The second-order valence-corrected chi connectivity index (χ2v) is 4.96. The highest BCUT2D eigenvalue weighted by Crippen LogP contribution is 2.08. The van der Waals surface area contributed by atoms with Gasteiger partial charge in [0, 0.05) is 12.6 Å². The van der Waals surface area contributed by atoms with Gasteiger partial charge in [-0.1, -0.05) is 19.9 Å². The second kappa shape index (κ2) is 7.29. The Morgan fingerprint density at radius 3 is 2.60 bits per heavy atom. The van der Waals surface area contributed by atoms with Crippen LogP contribution in [0.2, 0.25) is 0 Å². The SMILES string of the molecule is CNC(=O)[C@H](CC(C)C)NC(=O)c1cccc(C#N)c1. The molecule has 2 N–H and O–H groups in total. The lowest BCUT2D eigenvalue weighted by Gasteiger charge is -2.19. The molecule has 106 valence electrons. The van der Waals surface area contributed by atoms with Crippen molar-refractivity contribution in [1.29, 1.82) is 5.26 Å². The van der Waals surface area contributed by atoms with Gasteiger partial charge in [-0.15, -0.1) is 0 Å². The van der Waals surface area contributed by atoms with Gasteiger partial charge in [-0.05, 0) is 30.5 Å². The van der Waals surface area contributed by atoms with E-state index in [2.05, 4.69) is 10.6 Å². The summed E-state index contributed by atoms with van der Waals surface area (Å²) in [6.45, 7) is 3.97. The van der Waals surface area contributed by atoms with E-state index < -0.39 is 6.04 Å². The Hall–Kier alpha value is -2.35. The van der Waals surface area contributed by atoms with Crippen LogP contribution in [0.15, 0.2) is 24.3 Å². The van der Waals surface area contributed by atoms with Crippen LogP contribution >= 0.6 is 0 Å². The Balaban J connectivity index is 2.84. The lowest BCUT2D eigenvalue weighted by molar-refractivity contribution is -0.122. The van der Waals surface area contributed by atoms with E-state index >= 15 is 0 Å². The fraction of sp³-hybridized carbons (Fsp3) is 0.400. The zero-order valence-electron chi connectivity index (χ0n) is 11.9. The van der Waals surface area contributed by atoms with Crippen molar-refractivity contribution in [1.82, 2.24) is 10.6 Å². The molecule has 1 aromatic carbocycles. The van der Waals surface area contributed by atoms with Gasteiger partial charge in [0.25, 0.3) is 5.91 Å². The van der Waals surface area contributed by atoms with Crippen molar-refractivity contribution in [2.45, 2.75) is 26.3 Å². The first-order chi connectivity index (χ1) is 9.47. The third-order valence-electron chi connectivity index (χ3n) is 2.83. The molecule has 0 saturated carbocycles. The van der Waals surface area contributed by atoms with E-state index in [1.54, 1.807) is 18.2 Å². The van der Waals surface area contributed by atoms with Gasteiger partial charge in [-0.2, -0.15) is 5.26 Å². The van der Waals surface area contributed by atoms with Crippen LogP contribution in [-0.2, 0) is 4.79 Å². The summed E-state index contributed by atoms with van der Waals surface area (Å²) >= 11 is 0. The van der Waals surface area contributed by atoms with Crippen molar-refractivity contribution in [3.8, 4) is 6.07 Å². The molecule has 0 bridgehead atoms. The van der Waals surface area contributed by atoms with E-state index in [1.807, 2.05) is 19.9 Å². The maximum Gasteiger partial charge on any atom is 0.251 e. The molecule has 0 aliphatic carbocycles. The first-order valence-electron chi connectivity index (χ1n) is 6.50. The van der Waals surface area contributed by atoms with Gasteiger partial charge in [-0.3, -0.25) is 9.59 Å². The standard InChI is InChI=1S/C15H19N3O2/c1-10(2)7-13(15(20)17-3)18-14(19)12-6-4-5-11(8-12)9-16/h4-6,8,10,13H,7H2,1-3H3,(H,17,20)(H,18,19)/t13-/m0/s1. The van der Waals surface area contributed by atoms with E-state index in [4.69, 9.17) is 5.26 Å². The van der Waals surface area contributed by atoms with Crippen LogP contribution in [0.1, 0.15) is 36.2 Å². The number of nitrogens with one attached hydrogen (secondary N) is 2. The average molecular weight is 273 g/mol. The zero-order chi connectivity index (χ0) is 15.1. The van der Waals surface area contributed by atoms with Crippen molar-refractivity contribution in [3.63, 3.8) is 0 Å². The molecular weight excluding hydrogens is 254 g/mol. The van der Waals surface area contributed by atoms with E-state index in [0.29, 0.717) is 17.5 Å². The Morgan fingerprint density at radius 1 is 1.35 bits per heavy atom. The molecule has 0 aliphatic rings. The molecule has 1 aromatic rings.